The lowest BCUT2D eigenvalue weighted by molar-refractivity contribution is 0.0606. The van der Waals surface area contributed by atoms with Crippen LogP contribution in [-0.4, -0.2) is 19.7 Å². The van der Waals surface area contributed by atoms with E-state index in [0.29, 0.717) is 18.1 Å². The molecule has 0 radical (unpaired) electrons. The lowest BCUT2D eigenvalue weighted by Crippen LogP contribution is -2.00. The SMILES string of the molecule is COC(=O)c1cc2c(s1)CCOc1cccc(OCc3ccccc3)c1-2. The molecule has 0 spiro atoms. The molecule has 0 amide bonds. The minimum Gasteiger partial charge on any atom is -0.492 e. The van der Waals surface area contributed by atoms with E-state index in [0.717, 1.165) is 39.5 Å². The molecule has 0 fully saturated rings. The van der Waals surface area contributed by atoms with Gasteiger partial charge in [0.05, 0.1) is 19.3 Å². The van der Waals surface area contributed by atoms with Gasteiger partial charge in [0, 0.05) is 16.9 Å². The maximum Gasteiger partial charge on any atom is 0.348 e. The molecule has 0 aliphatic carbocycles. The van der Waals surface area contributed by atoms with Crippen LogP contribution < -0.4 is 9.47 Å². The molecule has 2 aromatic carbocycles. The molecule has 1 aliphatic rings. The summed E-state index contributed by atoms with van der Waals surface area (Å²) in [4.78, 5) is 13.7. The molecule has 132 valence electrons. The average Bonchev–Trinajstić information content (AvgIpc) is 3.02. The molecular formula is C21H18O4S. The Kier molecular flexibility index (Phi) is 4.63. The van der Waals surface area contributed by atoms with Crippen LogP contribution in [0.3, 0.4) is 0 Å². The Labute approximate surface area is 156 Å². The average molecular weight is 366 g/mol. The van der Waals surface area contributed by atoms with Crippen molar-refractivity contribution in [1.82, 2.24) is 0 Å². The van der Waals surface area contributed by atoms with Crippen molar-refractivity contribution in [3.63, 3.8) is 0 Å². The smallest absolute Gasteiger partial charge is 0.348 e. The van der Waals surface area contributed by atoms with Gasteiger partial charge < -0.3 is 14.2 Å². The Balaban J connectivity index is 1.73. The Morgan fingerprint density at radius 1 is 1.15 bits per heavy atom. The van der Waals surface area contributed by atoms with E-state index in [9.17, 15) is 4.79 Å². The van der Waals surface area contributed by atoms with E-state index in [1.165, 1.54) is 18.4 Å². The summed E-state index contributed by atoms with van der Waals surface area (Å²) in [6.45, 7) is 1.05. The van der Waals surface area contributed by atoms with Crippen LogP contribution in [-0.2, 0) is 17.8 Å². The van der Waals surface area contributed by atoms with E-state index in [4.69, 9.17) is 14.2 Å². The number of hydrogen-bond donors (Lipinski definition) is 0. The van der Waals surface area contributed by atoms with E-state index in [2.05, 4.69) is 0 Å². The van der Waals surface area contributed by atoms with Gasteiger partial charge in [-0.05, 0) is 23.8 Å². The third kappa shape index (κ3) is 3.18. The highest BCUT2D eigenvalue weighted by atomic mass is 32.1. The number of benzene rings is 2. The molecule has 1 aromatic heterocycles. The van der Waals surface area contributed by atoms with Gasteiger partial charge in [-0.3, -0.25) is 0 Å². The molecule has 0 atom stereocenters. The van der Waals surface area contributed by atoms with Crippen LogP contribution in [0.2, 0.25) is 0 Å². The van der Waals surface area contributed by atoms with Gasteiger partial charge >= 0.3 is 5.97 Å². The van der Waals surface area contributed by atoms with Crippen LogP contribution in [0.1, 0.15) is 20.1 Å². The fourth-order valence-corrected chi connectivity index (χ4v) is 4.10. The van der Waals surface area contributed by atoms with Crippen molar-refractivity contribution in [2.75, 3.05) is 13.7 Å². The van der Waals surface area contributed by atoms with Crippen LogP contribution in [0, 0.1) is 0 Å². The Bertz CT molecular complexity index is 930. The van der Waals surface area contributed by atoms with Crippen LogP contribution in [0.25, 0.3) is 11.1 Å². The summed E-state index contributed by atoms with van der Waals surface area (Å²) in [7, 11) is 1.40. The molecule has 0 bridgehead atoms. The zero-order chi connectivity index (χ0) is 17.9. The third-order valence-electron chi connectivity index (χ3n) is 4.28. The molecule has 4 rings (SSSR count). The number of esters is 1. The molecule has 0 N–H and O–H groups in total. The minimum atomic E-state index is -0.312. The molecular weight excluding hydrogens is 348 g/mol. The Morgan fingerprint density at radius 2 is 2.00 bits per heavy atom. The van der Waals surface area contributed by atoms with E-state index in [-0.39, 0.29) is 5.97 Å². The van der Waals surface area contributed by atoms with Crippen molar-refractivity contribution >= 4 is 17.3 Å². The second-order valence-corrected chi connectivity index (χ2v) is 7.08. The Hall–Kier alpha value is -2.79. The normalized spacial score (nSPS) is 12.3. The number of carbonyl (C=O) groups is 1. The van der Waals surface area contributed by atoms with Crippen molar-refractivity contribution in [2.24, 2.45) is 0 Å². The number of ether oxygens (including phenoxy) is 3. The van der Waals surface area contributed by atoms with Crippen LogP contribution >= 0.6 is 11.3 Å². The summed E-state index contributed by atoms with van der Waals surface area (Å²) in [6.07, 6.45) is 0.754. The van der Waals surface area contributed by atoms with Crippen molar-refractivity contribution in [2.45, 2.75) is 13.0 Å². The summed E-state index contributed by atoms with van der Waals surface area (Å²) >= 11 is 1.46. The molecule has 26 heavy (non-hydrogen) atoms. The minimum absolute atomic E-state index is 0.312. The Morgan fingerprint density at radius 3 is 2.81 bits per heavy atom. The maximum absolute atomic E-state index is 12.0. The summed E-state index contributed by atoms with van der Waals surface area (Å²) in [5.74, 6) is 1.22. The monoisotopic (exact) mass is 366 g/mol. The first-order chi connectivity index (χ1) is 12.8. The second-order valence-electron chi connectivity index (χ2n) is 5.94. The zero-order valence-corrected chi connectivity index (χ0v) is 15.2. The highest BCUT2D eigenvalue weighted by Crippen LogP contribution is 2.45. The largest absolute Gasteiger partial charge is 0.492 e. The van der Waals surface area contributed by atoms with Gasteiger partial charge in [-0.2, -0.15) is 0 Å². The highest BCUT2D eigenvalue weighted by molar-refractivity contribution is 7.14. The molecule has 2 heterocycles. The summed E-state index contributed by atoms with van der Waals surface area (Å²) in [5.41, 5.74) is 2.99. The number of thiophene rings is 1. The molecule has 0 saturated carbocycles. The van der Waals surface area contributed by atoms with Crippen LogP contribution in [0.15, 0.2) is 54.6 Å². The van der Waals surface area contributed by atoms with Crippen molar-refractivity contribution in [3.05, 3.63) is 69.9 Å². The lowest BCUT2D eigenvalue weighted by atomic mass is 10.0. The summed E-state index contributed by atoms with van der Waals surface area (Å²) < 4.78 is 16.9. The van der Waals surface area contributed by atoms with Crippen molar-refractivity contribution in [3.8, 4) is 22.6 Å². The van der Waals surface area contributed by atoms with Crippen molar-refractivity contribution < 1.29 is 19.0 Å². The highest BCUT2D eigenvalue weighted by Gasteiger charge is 2.24. The third-order valence-corrected chi connectivity index (χ3v) is 5.45. The first-order valence-electron chi connectivity index (χ1n) is 8.40. The molecule has 5 heteroatoms. The number of rotatable bonds is 4. The fourth-order valence-electron chi connectivity index (χ4n) is 3.03. The van der Waals surface area contributed by atoms with E-state index in [1.807, 2.05) is 54.6 Å². The number of carbonyl (C=O) groups excluding carboxylic acids is 1. The number of methoxy groups -OCH3 is 1. The second kappa shape index (κ2) is 7.22. The lowest BCUT2D eigenvalue weighted by Gasteiger charge is -2.14. The van der Waals surface area contributed by atoms with Crippen LogP contribution in [0.4, 0.5) is 0 Å². The van der Waals surface area contributed by atoms with Gasteiger partial charge in [-0.1, -0.05) is 36.4 Å². The molecule has 4 nitrogen and oxygen atoms in total. The van der Waals surface area contributed by atoms with Gasteiger partial charge in [0.25, 0.3) is 0 Å². The molecule has 1 aliphatic heterocycles. The van der Waals surface area contributed by atoms with Gasteiger partial charge in [-0.15, -0.1) is 11.3 Å². The topological polar surface area (TPSA) is 44.8 Å². The number of fused-ring (bicyclic) bond motifs is 3. The first kappa shape index (κ1) is 16.7. The maximum atomic E-state index is 12.0. The van der Waals surface area contributed by atoms with Crippen molar-refractivity contribution in [1.29, 1.82) is 0 Å². The molecule has 0 unspecified atom stereocenters. The predicted octanol–water partition coefficient (Wildman–Crippen LogP) is 4.72. The number of hydrogen-bond acceptors (Lipinski definition) is 5. The summed E-state index contributed by atoms with van der Waals surface area (Å²) in [6, 6.07) is 17.7. The van der Waals surface area contributed by atoms with Gasteiger partial charge in [0.1, 0.15) is 23.0 Å². The van der Waals surface area contributed by atoms with Gasteiger partial charge in [0.2, 0.25) is 0 Å². The van der Waals surface area contributed by atoms with Crippen LogP contribution in [0.5, 0.6) is 11.5 Å². The fraction of sp³-hybridized carbons (Fsp3) is 0.190. The van der Waals surface area contributed by atoms with E-state index < -0.39 is 0 Å². The standard InChI is InChI=1S/C21H18O4S/c1-23-21(22)19-12-15-18(26-19)10-11-24-16-8-5-9-17(20(15)16)25-13-14-6-3-2-4-7-14/h2-9,12H,10-11,13H2,1H3. The molecule has 0 saturated heterocycles. The summed E-state index contributed by atoms with van der Waals surface area (Å²) in [5, 5.41) is 0. The molecule has 3 aromatic rings. The van der Waals surface area contributed by atoms with E-state index >= 15 is 0 Å². The van der Waals surface area contributed by atoms with E-state index in [1.54, 1.807) is 0 Å². The zero-order valence-electron chi connectivity index (χ0n) is 14.4. The predicted molar refractivity (Wildman–Crippen MR) is 101 cm³/mol. The van der Waals surface area contributed by atoms with Gasteiger partial charge in [-0.25, -0.2) is 4.79 Å². The quantitative estimate of drug-likeness (QED) is 0.627. The first-order valence-corrected chi connectivity index (χ1v) is 9.22. The van der Waals surface area contributed by atoms with Gasteiger partial charge in [0.15, 0.2) is 0 Å².